The summed E-state index contributed by atoms with van der Waals surface area (Å²) in [6.45, 7) is 0.390. The van der Waals surface area contributed by atoms with E-state index in [-0.39, 0.29) is 28.2 Å². The number of nitrogens with zero attached hydrogens (tertiary/aromatic N) is 5. The van der Waals surface area contributed by atoms with E-state index in [0.717, 1.165) is 32.0 Å². The Morgan fingerprint density at radius 1 is 1.16 bits per heavy atom. The number of nitro groups is 1. The zero-order valence-corrected chi connectivity index (χ0v) is 22.1. The van der Waals surface area contributed by atoms with Gasteiger partial charge in [0, 0.05) is 16.1 Å². The van der Waals surface area contributed by atoms with E-state index < -0.39 is 10.8 Å². The minimum Gasteiger partial charge on any atom is -0.488 e. The van der Waals surface area contributed by atoms with Crippen LogP contribution in [-0.2, 0) is 11.4 Å². The van der Waals surface area contributed by atoms with E-state index in [1.165, 1.54) is 18.2 Å². The monoisotopic (exact) mass is 596 g/mol. The van der Waals surface area contributed by atoms with Crippen molar-refractivity contribution in [2.45, 2.75) is 11.8 Å². The van der Waals surface area contributed by atoms with Crippen molar-refractivity contribution in [2.24, 2.45) is 5.10 Å². The first-order chi connectivity index (χ1) is 18.4. The first-order valence-corrected chi connectivity index (χ1v) is 12.8. The highest BCUT2D eigenvalue weighted by Gasteiger charge is 2.16. The lowest BCUT2D eigenvalue weighted by Crippen LogP contribution is -2.17. The molecule has 0 saturated heterocycles. The standard InChI is InChI=1S/C24H21BrN8O4S/c25-18-8-5-6-16(12-18)14-37-21-11-4-1-7-17(21)13-27-29-23-30-31-24(32(23)26)38-15-22(34)28-19-9-2-3-10-20(19)33(35)36/h1-13H,14-15,26H2,(H,28,34)(H,29,30)/b27-13+. The number of para-hydroxylation sites is 3. The number of nitrogen functional groups attached to an aromatic ring is 1. The number of anilines is 2. The van der Waals surface area contributed by atoms with Crippen LogP contribution in [0.4, 0.5) is 17.3 Å². The van der Waals surface area contributed by atoms with Crippen molar-refractivity contribution in [1.29, 1.82) is 0 Å². The normalized spacial score (nSPS) is 10.9. The van der Waals surface area contributed by atoms with Crippen LogP contribution in [0.1, 0.15) is 11.1 Å². The van der Waals surface area contributed by atoms with Gasteiger partial charge in [0.1, 0.15) is 18.0 Å². The average molecular weight is 597 g/mol. The largest absolute Gasteiger partial charge is 0.488 e. The Morgan fingerprint density at radius 2 is 1.95 bits per heavy atom. The number of nitro benzene ring substituents is 1. The lowest BCUT2D eigenvalue weighted by Gasteiger charge is -2.09. The van der Waals surface area contributed by atoms with Gasteiger partial charge in [0.25, 0.3) is 11.6 Å². The van der Waals surface area contributed by atoms with Gasteiger partial charge in [0.05, 0.1) is 16.9 Å². The molecule has 0 aliphatic carbocycles. The van der Waals surface area contributed by atoms with Crippen LogP contribution in [0.5, 0.6) is 5.75 Å². The van der Waals surface area contributed by atoms with E-state index in [4.69, 9.17) is 10.6 Å². The maximum atomic E-state index is 12.3. The third kappa shape index (κ3) is 7.08. The van der Waals surface area contributed by atoms with Crippen molar-refractivity contribution < 1.29 is 14.5 Å². The van der Waals surface area contributed by atoms with Gasteiger partial charge >= 0.3 is 0 Å². The van der Waals surface area contributed by atoms with Crippen LogP contribution in [0.2, 0.25) is 0 Å². The maximum absolute atomic E-state index is 12.3. The first kappa shape index (κ1) is 26.6. The SMILES string of the molecule is Nn1c(N/N=C/c2ccccc2OCc2cccc(Br)c2)nnc1SCC(=O)Nc1ccccc1[N+](=O)[O-]. The molecule has 0 atom stereocenters. The van der Waals surface area contributed by atoms with E-state index >= 15 is 0 Å². The molecule has 0 radical (unpaired) electrons. The van der Waals surface area contributed by atoms with Crippen molar-refractivity contribution >= 4 is 57.1 Å². The molecule has 38 heavy (non-hydrogen) atoms. The second-order valence-corrected chi connectivity index (χ2v) is 9.47. The maximum Gasteiger partial charge on any atom is 0.292 e. The highest BCUT2D eigenvalue weighted by molar-refractivity contribution is 9.10. The number of ether oxygens (including phenoxy) is 1. The summed E-state index contributed by atoms with van der Waals surface area (Å²) >= 11 is 4.47. The molecule has 0 aliphatic heterocycles. The number of hydrazone groups is 1. The molecule has 0 bridgehead atoms. The van der Waals surface area contributed by atoms with Crippen molar-refractivity contribution in [2.75, 3.05) is 22.3 Å². The zero-order chi connectivity index (χ0) is 26.9. The number of aromatic nitrogens is 3. The molecular formula is C24H21BrN8O4S. The van der Waals surface area contributed by atoms with E-state index in [1.807, 2.05) is 48.5 Å². The molecule has 0 fully saturated rings. The fourth-order valence-electron chi connectivity index (χ4n) is 3.17. The Hall–Kier alpha value is -4.43. The summed E-state index contributed by atoms with van der Waals surface area (Å²) in [6, 6.07) is 21.2. The molecule has 0 aliphatic rings. The topological polar surface area (TPSA) is 163 Å². The van der Waals surface area contributed by atoms with Crippen LogP contribution >= 0.6 is 27.7 Å². The number of halogens is 1. The third-order valence-corrected chi connectivity index (χ3v) is 6.38. The number of carbonyl (C=O) groups is 1. The lowest BCUT2D eigenvalue weighted by molar-refractivity contribution is -0.383. The Kier molecular flexibility index (Phi) is 8.89. The Morgan fingerprint density at radius 3 is 2.76 bits per heavy atom. The summed E-state index contributed by atoms with van der Waals surface area (Å²) in [5, 5.41) is 25.9. The molecule has 0 saturated carbocycles. The van der Waals surface area contributed by atoms with E-state index in [9.17, 15) is 14.9 Å². The van der Waals surface area contributed by atoms with Gasteiger partial charge in [-0.25, -0.2) is 10.1 Å². The molecule has 0 spiro atoms. The zero-order valence-electron chi connectivity index (χ0n) is 19.7. The number of benzene rings is 3. The molecule has 3 aromatic carbocycles. The van der Waals surface area contributed by atoms with Crippen LogP contribution in [0, 0.1) is 10.1 Å². The summed E-state index contributed by atoms with van der Waals surface area (Å²) in [5.74, 6) is 6.27. The fourth-order valence-corrected chi connectivity index (χ4v) is 4.28. The number of rotatable bonds is 11. The van der Waals surface area contributed by atoms with Gasteiger partial charge in [-0.05, 0) is 35.9 Å². The van der Waals surface area contributed by atoms with Crippen LogP contribution in [0.3, 0.4) is 0 Å². The summed E-state index contributed by atoms with van der Waals surface area (Å²) in [7, 11) is 0. The van der Waals surface area contributed by atoms with Gasteiger partial charge in [-0.15, -0.1) is 10.2 Å². The van der Waals surface area contributed by atoms with Crippen LogP contribution in [-0.4, -0.2) is 37.7 Å². The van der Waals surface area contributed by atoms with Crippen molar-refractivity contribution in [3.63, 3.8) is 0 Å². The lowest BCUT2D eigenvalue weighted by atomic mass is 10.2. The van der Waals surface area contributed by atoms with Crippen LogP contribution < -0.4 is 21.3 Å². The molecule has 12 nitrogen and oxygen atoms in total. The number of hydrogen-bond donors (Lipinski definition) is 3. The Labute approximate surface area is 229 Å². The Balaban J connectivity index is 1.32. The highest BCUT2D eigenvalue weighted by Crippen LogP contribution is 2.24. The predicted octanol–water partition coefficient (Wildman–Crippen LogP) is 4.42. The predicted molar refractivity (Wildman–Crippen MR) is 149 cm³/mol. The summed E-state index contributed by atoms with van der Waals surface area (Å²) in [4.78, 5) is 22.8. The number of nitrogens with two attached hydrogens (primary N) is 1. The molecule has 1 aromatic heterocycles. The molecule has 1 amide bonds. The summed E-state index contributed by atoms with van der Waals surface area (Å²) in [6.07, 6.45) is 1.57. The first-order valence-electron chi connectivity index (χ1n) is 11.0. The second kappa shape index (κ2) is 12.7. The smallest absolute Gasteiger partial charge is 0.292 e. The number of carbonyl (C=O) groups excluding carboxylic acids is 1. The fraction of sp³-hybridized carbons (Fsp3) is 0.0833. The molecule has 194 valence electrons. The van der Waals surface area contributed by atoms with Crippen molar-refractivity contribution in [1.82, 2.24) is 14.9 Å². The molecule has 4 rings (SSSR count). The van der Waals surface area contributed by atoms with Gasteiger partial charge < -0.3 is 15.9 Å². The van der Waals surface area contributed by atoms with Crippen molar-refractivity contribution in [3.05, 3.63) is 98.5 Å². The molecule has 4 aromatic rings. The number of nitrogens with one attached hydrogen (secondary N) is 2. The van der Waals surface area contributed by atoms with E-state index in [2.05, 4.69) is 42.0 Å². The average Bonchev–Trinajstić information content (AvgIpc) is 3.26. The van der Waals surface area contributed by atoms with Gasteiger partial charge in [-0.1, -0.05) is 64.1 Å². The minimum absolute atomic E-state index is 0.0899. The van der Waals surface area contributed by atoms with Crippen molar-refractivity contribution in [3.8, 4) is 5.75 Å². The number of thioether (sulfide) groups is 1. The number of amides is 1. The van der Waals surface area contributed by atoms with Gasteiger partial charge in [0.15, 0.2) is 0 Å². The molecule has 14 heteroatoms. The quantitative estimate of drug-likeness (QED) is 0.0747. The third-order valence-electron chi connectivity index (χ3n) is 4.94. The second-order valence-electron chi connectivity index (χ2n) is 7.61. The van der Waals surface area contributed by atoms with Gasteiger partial charge in [-0.2, -0.15) is 5.10 Å². The molecule has 4 N–H and O–H groups in total. The van der Waals surface area contributed by atoms with Crippen LogP contribution in [0.15, 0.2) is 87.5 Å². The molecule has 0 unspecified atom stereocenters. The summed E-state index contributed by atoms with van der Waals surface area (Å²) < 4.78 is 8.07. The number of hydrogen-bond acceptors (Lipinski definition) is 10. The summed E-state index contributed by atoms with van der Waals surface area (Å²) in [5.41, 5.74) is 4.38. The Bertz CT molecular complexity index is 1480. The molecular weight excluding hydrogens is 576 g/mol. The minimum atomic E-state index is -0.565. The van der Waals surface area contributed by atoms with E-state index in [0.29, 0.717) is 12.4 Å². The molecule has 1 heterocycles. The van der Waals surface area contributed by atoms with Gasteiger partial charge in [0.2, 0.25) is 11.1 Å². The van der Waals surface area contributed by atoms with E-state index in [1.54, 1.807) is 12.3 Å². The van der Waals surface area contributed by atoms with Gasteiger partial charge in [-0.3, -0.25) is 14.9 Å². The van der Waals surface area contributed by atoms with Crippen LogP contribution in [0.25, 0.3) is 0 Å². The highest BCUT2D eigenvalue weighted by atomic mass is 79.9.